The molecule has 0 aliphatic carbocycles. The van der Waals surface area contributed by atoms with E-state index in [-0.39, 0.29) is 17.1 Å². The number of nitrogens with zero attached hydrogens (tertiary/aromatic N) is 3. The molecule has 0 amide bonds. The van der Waals surface area contributed by atoms with Gasteiger partial charge in [-0.05, 0) is 17.5 Å². The van der Waals surface area contributed by atoms with E-state index in [1.54, 1.807) is 6.07 Å². The van der Waals surface area contributed by atoms with Crippen molar-refractivity contribution in [3.8, 4) is 11.5 Å². The van der Waals surface area contributed by atoms with Crippen molar-refractivity contribution in [2.45, 2.75) is 0 Å². The van der Waals surface area contributed by atoms with Crippen molar-refractivity contribution in [3.63, 3.8) is 0 Å². The van der Waals surface area contributed by atoms with Gasteiger partial charge in [-0.2, -0.15) is 0 Å². The number of phenols is 1. The third-order valence-corrected chi connectivity index (χ3v) is 3.51. The van der Waals surface area contributed by atoms with Crippen LogP contribution in [0.5, 0.6) is 11.5 Å². The molecule has 0 bridgehead atoms. The summed E-state index contributed by atoms with van der Waals surface area (Å²) in [7, 11) is 1.44. The van der Waals surface area contributed by atoms with Gasteiger partial charge in [0.15, 0.2) is 0 Å². The normalized spacial score (nSPS) is 11.0. The predicted octanol–water partition coefficient (Wildman–Crippen LogP) is 4.88. The fourth-order valence-corrected chi connectivity index (χ4v) is 2.32. The molecule has 0 aromatic heterocycles. The van der Waals surface area contributed by atoms with Crippen LogP contribution >= 0.6 is 0 Å². The molecule has 3 aromatic carbocycles. The second-order valence-corrected chi connectivity index (χ2v) is 4.97. The zero-order valence-electron chi connectivity index (χ0n) is 12.7. The molecule has 0 spiro atoms. The number of benzene rings is 3. The van der Waals surface area contributed by atoms with Crippen LogP contribution in [0.1, 0.15) is 0 Å². The lowest BCUT2D eigenvalue weighted by Gasteiger charge is -2.05. The smallest absolute Gasteiger partial charge is 0.271 e. The van der Waals surface area contributed by atoms with Crippen LogP contribution in [0.15, 0.2) is 64.8 Å². The number of fused-ring (bicyclic) bond motifs is 1. The number of hydrogen-bond acceptors (Lipinski definition) is 6. The lowest BCUT2D eigenvalue weighted by Crippen LogP contribution is -1.89. The van der Waals surface area contributed by atoms with Gasteiger partial charge >= 0.3 is 0 Å². The SMILES string of the molecule is COc1ccc([N+](=O)[O-])cc1/N=N/c1c(O)ccc2ccccc12. The summed E-state index contributed by atoms with van der Waals surface area (Å²) < 4.78 is 5.15. The average molecular weight is 323 g/mol. The van der Waals surface area contributed by atoms with Gasteiger partial charge in [-0.25, -0.2) is 0 Å². The van der Waals surface area contributed by atoms with Crippen LogP contribution in [-0.2, 0) is 0 Å². The Morgan fingerprint density at radius 1 is 1.08 bits per heavy atom. The maximum atomic E-state index is 10.9. The Bertz CT molecular complexity index is 954. The zero-order valence-corrected chi connectivity index (χ0v) is 12.7. The summed E-state index contributed by atoms with van der Waals surface area (Å²) in [6.45, 7) is 0. The van der Waals surface area contributed by atoms with E-state index in [0.29, 0.717) is 11.4 Å². The highest BCUT2D eigenvalue weighted by molar-refractivity contribution is 5.95. The molecule has 0 aliphatic heterocycles. The van der Waals surface area contributed by atoms with Gasteiger partial charge in [0.1, 0.15) is 22.9 Å². The molecule has 3 rings (SSSR count). The summed E-state index contributed by atoms with van der Waals surface area (Å²) in [5.41, 5.74) is 0.382. The monoisotopic (exact) mass is 323 g/mol. The lowest BCUT2D eigenvalue weighted by atomic mass is 10.1. The van der Waals surface area contributed by atoms with Crippen LogP contribution in [0.2, 0.25) is 0 Å². The van der Waals surface area contributed by atoms with Crippen LogP contribution in [0.4, 0.5) is 17.1 Å². The maximum Gasteiger partial charge on any atom is 0.271 e. The van der Waals surface area contributed by atoms with E-state index in [1.807, 2.05) is 24.3 Å². The Hall–Kier alpha value is -3.48. The van der Waals surface area contributed by atoms with E-state index in [0.717, 1.165) is 10.8 Å². The highest BCUT2D eigenvalue weighted by Crippen LogP contribution is 2.38. The lowest BCUT2D eigenvalue weighted by molar-refractivity contribution is -0.384. The van der Waals surface area contributed by atoms with Gasteiger partial charge in [0.05, 0.1) is 12.0 Å². The summed E-state index contributed by atoms with van der Waals surface area (Å²) in [6.07, 6.45) is 0. The molecule has 0 radical (unpaired) electrons. The molecule has 1 N–H and O–H groups in total. The molecule has 0 fully saturated rings. The molecule has 120 valence electrons. The fraction of sp³-hybridized carbons (Fsp3) is 0.0588. The average Bonchev–Trinajstić information content (AvgIpc) is 2.60. The van der Waals surface area contributed by atoms with Crippen LogP contribution in [0, 0.1) is 10.1 Å². The molecule has 0 saturated carbocycles. The number of methoxy groups -OCH3 is 1. The van der Waals surface area contributed by atoms with Crippen LogP contribution in [0.3, 0.4) is 0 Å². The van der Waals surface area contributed by atoms with Crippen molar-refractivity contribution in [1.82, 2.24) is 0 Å². The number of ether oxygens (including phenoxy) is 1. The van der Waals surface area contributed by atoms with Crippen LogP contribution in [-0.4, -0.2) is 17.1 Å². The van der Waals surface area contributed by atoms with Gasteiger partial charge in [-0.3, -0.25) is 10.1 Å². The number of azo groups is 1. The van der Waals surface area contributed by atoms with E-state index < -0.39 is 4.92 Å². The van der Waals surface area contributed by atoms with Gasteiger partial charge in [-0.1, -0.05) is 30.3 Å². The maximum absolute atomic E-state index is 10.9. The zero-order chi connectivity index (χ0) is 17.1. The minimum atomic E-state index is -0.520. The number of phenolic OH excluding ortho intramolecular Hbond substituents is 1. The van der Waals surface area contributed by atoms with Gasteiger partial charge < -0.3 is 9.84 Å². The van der Waals surface area contributed by atoms with Gasteiger partial charge in [0.25, 0.3) is 5.69 Å². The van der Waals surface area contributed by atoms with Crippen molar-refractivity contribution in [1.29, 1.82) is 0 Å². The number of rotatable bonds is 4. The van der Waals surface area contributed by atoms with Crippen LogP contribution < -0.4 is 4.74 Å². The predicted molar refractivity (Wildman–Crippen MR) is 89.4 cm³/mol. The van der Waals surface area contributed by atoms with Crippen molar-refractivity contribution < 1.29 is 14.8 Å². The molecule has 7 heteroatoms. The first kappa shape index (κ1) is 15.4. The second kappa shape index (κ2) is 6.33. The molecular weight excluding hydrogens is 310 g/mol. The van der Waals surface area contributed by atoms with Crippen molar-refractivity contribution in [3.05, 3.63) is 64.7 Å². The Morgan fingerprint density at radius 3 is 2.62 bits per heavy atom. The Morgan fingerprint density at radius 2 is 1.88 bits per heavy atom. The molecule has 24 heavy (non-hydrogen) atoms. The fourth-order valence-electron chi connectivity index (χ4n) is 2.32. The first-order valence-corrected chi connectivity index (χ1v) is 7.05. The number of nitro benzene ring substituents is 1. The van der Waals surface area contributed by atoms with E-state index in [2.05, 4.69) is 10.2 Å². The Kier molecular flexibility index (Phi) is 4.07. The third-order valence-electron chi connectivity index (χ3n) is 3.51. The van der Waals surface area contributed by atoms with Crippen molar-refractivity contribution in [2.75, 3.05) is 7.11 Å². The number of aromatic hydroxyl groups is 1. The third kappa shape index (κ3) is 2.87. The molecular formula is C17H13N3O4. The second-order valence-electron chi connectivity index (χ2n) is 4.97. The number of non-ortho nitro benzene ring substituents is 1. The summed E-state index contributed by atoms with van der Waals surface area (Å²) in [4.78, 5) is 10.4. The van der Waals surface area contributed by atoms with E-state index >= 15 is 0 Å². The van der Waals surface area contributed by atoms with Crippen LogP contribution in [0.25, 0.3) is 10.8 Å². The van der Waals surface area contributed by atoms with Gasteiger partial charge in [0, 0.05) is 17.5 Å². The summed E-state index contributed by atoms with van der Waals surface area (Å²) in [5.74, 6) is 0.325. The molecule has 3 aromatic rings. The van der Waals surface area contributed by atoms with Gasteiger partial charge in [-0.15, -0.1) is 10.2 Å². The molecule has 0 heterocycles. The van der Waals surface area contributed by atoms with E-state index in [4.69, 9.17) is 4.74 Å². The summed E-state index contributed by atoms with van der Waals surface area (Å²) in [5, 5.41) is 30.7. The van der Waals surface area contributed by atoms with Gasteiger partial charge in [0.2, 0.25) is 0 Å². The van der Waals surface area contributed by atoms with Crippen molar-refractivity contribution in [2.24, 2.45) is 10.2 Å². The van der Waals surface area contributed by atoms with E-state index in [1.165, 1.54) is 31.4 Å². The summed E-state index contributed by atoms with van der Waals surface area (Å²) >= 11 is 0. The molecule has 0 saturated heterocycles. The van der Waals surface area contributed by atoms with Crippen molar-refractivity contribution >= 4 is 27.8 Å². The standard InChI is InChI=1S/C17H13N3O4/c1-24-16-9-7-12(20(22)23)10-14(16)18-19-17-13-5-3-2-4-11(13)6-8-15(17)21/h2-10,21H,1H3/b19-18+. The van der Waals surface area contributed by atoms with E-state index in [9.17, 15) is 15.2 Å². The topological polar surface area (TPSA) is 97.3 Å². The highest BCUT2D eigenvalue weighted by Gasteiger charge is 2.12. The molecule has 7 nitrogen and oxygen atoms in total. The Labute approximate surface area is 137 Å². The molecule has 0 unspecified atom stereocenters. The quantitative estimate of drug-likeness (QED) is 0.420. The summed E-state index contributed by atoms with van der Waals surface area (Å²) in [6, 6.07) is 14.8. The first-order chi connectivity index (χ1) is 11.6. The number of nitro groups is 1. The molecule has 0 aliphatic rings. The minimum Gasteiger partial charge on any atom is -0.506 e. The highest BCUT2D eigenvalue weighted by atomic mass is 16.6. The number of hydrogen-bond donors (Lipinski definition) is 1. The molecule has 0 atom stereocenters. The largest absolute Gasteiger partial charge is 0.506 e. The Balaban J connectivity index is 2.10. The first-order valence-electron chi connectivity index (χ1n) is 7.05. The minimum absolute atomic E-state index is 0.0261.